The van der Waals surface area contributed by atoms with Crippen molar-refractivity contribution in [3.8, 4) is 5.75 Å². The van der Waals surface area contributed by atoms with Crippen molar-refractivity contribution in [3.05, 3.63) is 29.3 Å². The number of nitrogens with one attached hydrogen (secondary N) is 1. The number of hydrogen-bond acceptors (Lipinski definition) is 3. The average molecular weight is 250 g/mol. The lowest BCUT2D eigenvalue weighted by Crippen LogP contribution is -2.41. The molecule has 1 aromatic carbocycles. The molecule has 0 aliphatic carbocycles. The van der Waals surface area contributed by atoms with Gasteiger partial charge in [-0.25, -0.2) is 0 Å². The van der Waals surface area contributed by atoms with E-state index in [1.165, 1.54) is 0 Å². The van der Waals surface area contributed by atoms with Gasteiger partial charge in [-0.1, -0.05) is 17.7 Å². The van der Waals surface area contributed by atoms with Crippen LogP contribution in [0.25, 0.3) is 0 Å². The Labute approximate surface area is 109 Å². The topological polar surface area (TPSA) is 41.6 Å². The Hall–Kier alpha value is -1.55. The minimum Gasteiger partial charge on any atom is -0.496 e. The van der Waals surface area contributed by atoms with E-state index < -0.39 is 0 Å². The highest BCUT2D eigenvalue weighted by molar-refractivity contribution is 5.81. The van der Waals surface area contributed by atoms with Gasteiger partial charge in [-0.2, -0.15) is 0 Å². The van der Waals surface area contributed by atoms with E-state index >= 15 is 0 Å². The third-order valence-electron chi connectivity index (χ3n) is 3.02. The van der Waals surface area contributed by atoms with Gasteiger partial charge < -0.3 is 15.0 Å². The molecule has 0 radical (unpaired) electrons. The van der Waals surface area contributed by atoms with E-state index in [0.717, 1.165) is 16.9 Å². The highest BCUT2D eigenvalue weighted by Gasteiger charge is 2.17. The first-order valence-electron chi connectivity index (χ1n) is 6.05. The van der Waals surface area contributed by atoms with Gasteiger partial charge in [0, 0.05) is 19.2 Å². The van der Waals surface area contributed by atoms with Crippen LogP contribution in [-0.2, 0) is 11.3 Å². The van der Waals surface area contributed by atoms with Crippen molar-refractivity contribution in [2.75, 3.05) is 21.2 Å². The molecule has 100 valence electrons. The molecular weight excluding hydrogens is 228 g/mol. The summed E-state index contributed by atoms with van der Waals surface area (Å²) in [4.78, 5) is 13.7. The molecule has 1 atom stereocenters. The molecule has 0 aliphatic heterocycles. The summed E-state index contributed by atoms with van der Waals surface area (Å²) in [7, 11) is 5.23. The number of aryl methyl sites for hydroxylation is 1. The van der Waals surface area contributed by atoms with Crippen molar-refractivity contribution in [3.63, 3.8) is 0 Å². The molecule has 0 spiro atoms. The summed E-state index contributed by atoms with van der Waals surface area (Å²) >= 11 is 0. The SMILES string of the molecule is CNC(C)C(=O)N(C)Cc1cc(C)ccc1OC. The second-order valence-corrected chi connectivity index (χ2v) is 4.52. The Balaban J connectivity index is 2.83. The van der Waals surface area contributed by atoms with Crippen LogP contribution in [0.4, 0.5) is 0 Å². The third kappa shape index (κ3) is 3.47. The third-order valence-corrected chi connectivity index (χ3v) is 3.02. The number of methoxy groups -OCH3 is 1. The fourth-order valence-electron chi connectivity index (χ4n) is 1.82. The van der Waals surface area contributed by atoms with Crippen molar-refractivity contribution in [1.82, 2.24) is 10.2 Å². The Morgan fingerprint density at radius 2 is 2.17 bits per heavy atom. The summed E-state index contributed by atoms with van der Waals surface area (Å²) in [5.41, 5.74) is 2.19. The highest BCUT2D eigenvalue weighted by atomic mass is 16.5. The van der Waals surface area contributed by atoms with Gasteiger partial charge in [0.2, 0.25) is 5.91 Å². The van der Waals surface area contributed by atoms with Crippen LogP contribution in [0, 0.1) is 6.92 Å². The highest BCUT2D eigenvalue weighted by Crippen LogP contribution is 2.21. The summed E-state index contributed by atoms with van der Waals surface area (Å²) in [5.74, 6) is 0.887. The Kier molecular flexibility index (Phi) is 5.16. The summed E-state index contributed by atoms with van der Waals surface area (Å²) in [6.45, 7) is 4.43. The molecule has 1 aromatic rings. The van der Waals surface area contributed by atoms with Crippen molar-refractivity contribution in [2.45, 2.75) is 26.4 Å². The fourth-order valence-corrected chi connectivity index (χ4v) is 1.82. The molecule has 1 rings (SSSR count). The predicted octanol–water partition coefficient (Wildman–Crippen LogP) is 1.57. The molecule has 1 amide bonds. The summed E-state index contributed by atoms with van der Waals surface area (Å²) < 4.78 is 5.31. The van der Waals surface area contributed by atoms with E-state index in [1.54, 1.807) is 26.1 Å². The number of nitrogens with zero attached hydrogens (tertiary/aromatic N) is 1. The Morgan fingerprint density at radius 1 is 1.50 bits per heavy atom. The number of likely N-dealkylation sites (N-methyl/N-ethyl adjacent to an activating group) is 2. The van der Waals surface area contributed by atoms with E-state index in [9.17, 15) is 4.79 Å². The lowest BCUT2D eigenvalue weighted by Gasteiger charge is -2.22. The first kappa shape index (κ1) is 14.5. The van der Waals surface area contributed by atoms with Gasteiger partial charge in [0.1, 0.15) is 5.75 Å². The molecule has 0 saturated heterocycles. The zero-order valence-corrected chi connectivity index (χ0v) is 11.8. The fraction of sp³-hybridized carbons (Fsp3) is 0.500. The van der Waals surface area contributed by atoms with E-state index in [4.69, 9.17) is 4.74 Å². The number of ether oxygens (including phenoxy) is 1. The molecule has 4 heteroatoms. The van der Waals surface area contributed by atoms with Crippen LogP contribution in [0.3, 0.4) is 0 Å². The molecular formula is C14H22N2O2. The number of carbonyl (C=O) groups is 1. The van der Waals surface area contributed by atoms with Gasteiger partial charge in [-0.05, 0) is 27.0 Å². The molecule has 0 heterocycles. The summed E-state index contributed by atoms with van der Waals surface area (Å²) in [6, 6.07) is 5.81. The summed E-state index contributed by atoms with van der Waals surface area (Å²) in [5, 5.41) is 2.95. The number of carbonyl (C=O) groups excluding carboxylic acids is 1. The predicted molar refractivity (Wildman–Crippen MR) is 72.7 cm³/mol. The van der Waals surface area contributed by atoms with Crippen LogP contribution in [-0.4, -0.2) is 38.1 Å². The van der Waals surface area contributed by atoms with Gasteiger partial charge in [0.05, 0.1) is 13.2 Å². The van der Waals surface area contributed by atoms with Crippen LogP contribution in [0.1, 0.15) is 18.1 Å². The lowest BCUT2D eigenvalue weighted by atomic mass is 10.1. The molecule has 0 fully saturated rings. The van der Waals surface area contributed by atoms with Gasteiger partial charge in [0.15, 0.2) is 0 Å². The summed E-state index contributed by atoms with van der Waals surface area (Å²) in [6.07, 6.45) is 0. The first-order valence-corrected chi connectivity index (χ1v) is 6.05. The Bertz CT molecular complexity index is 418. The molecule has 1 unspecified atom stereocenters. The molecule has 4 nitrogen and oxygen atoms in total. The normalized spacial score (nSPS) is 12.1. The van der Waals surface area contributed by atoms with Crippen LogP contribution in [0.5, 0.6) is 5.75 Å². The minimum absolute atomic E-state index is 0.0704. The van der Waals surface area contributed by atoms with E-state index in [-0.39, 0.29) is 11.9 Å². The zero-order valence-electron chi connectivity index (χ0n) is 11.8. The minimum atomic E-state index is -0.175. The first-order chi connectivity index (χ1) is 8.49. The van der Waals surface area contributed by atoms with Crippen LogP contribution < -0.4 is 10.1 Å². The largest absolute Gasteiger partial charge is 0.496 e. The van der Waals surface area contributed by atoms with Crippen molar-refractivity contribution < 1.29 is 9.53 Å². The van der Waals surface area contributed by atoms with Crippen molar-refractivity contribution in [1.29, 1.82) is 0 Å². The molecule has 18 heavy (non-hydrogen) atoms. The maximum atomic E-state index is 12.0. The van der Waals surface area contributed by atoms with Gasteiger partial charge in [-0.15, -0.1) is 0 Å². The van der Waals surface area contributed by atoms with Crippen molar-refractivity contribution >= 4 is 5.91 Å². The average Bonchev–Trinajstić information content (AvgIpc) is 2.37. The smallest absolute Gasteiger partial charge is 0.239 e. The molecule has 1 N–H and O–H groups in total. The quantitative estimate of drug-likeness (QED) is 0.862. The standard InChI is InChI=1S/C14H22N2O2/c1-10-6-7-13(18-5)12(8-10)9-16(4)14(17)11(2)15-3/h6-8,11,15H,9H2,1-5H3. The molecule has 0 bridgehead atoms. The monoisotopic (exact) mass is 250 g/mol. The molecule has 0 saturated carbocycles. The maximum Gasteiger partial charge on any atom is 0.239 e. The van der Waals surface area contributed by atoms with Gasteiger partial charge in [-0.3, -0.25) is 4.79 Å². The lowest BCUT2D eigenvalue weighted by molar-refractivity contribution is -0.132. The number of benzene rings is 1. The van der Waals surface area contributed by atoms with Crippen LogP contribution in [0.15, 0.2) is 18.2 Å². The van der Waals surface area contributed by atoms with Crippen LogP contribution in [0.2, 0.25) is 0 Å². The van der Waals surface area contributed by atoms with E-state index in [0.29, 0.717) is 6.54 Å². The van der Waals surface area contributed by atoms with Gasteiger partial charge in [0.25, 0.3) is 0 Å². The second kappa shape index (κ2) is 6.40. The Morgan fingerprint density at radius 3 is 2.72 bits per heavy atom. The maximum absolute atomic E-state index is 12.0. The zero-order chi connectivity index (χ0) is 13.7. The number of rotatable bonds is 5. The molecule has 0 aliphatic rings. The molecule has 0 aromatic heterocycles. The van der Waals surface area contributed by atoms with E-state index in [2.05, 4.69) is 5.32 Å². The number of amides is 1. The van der Waals surface area contributed by atoms with E-state index in [1.807, 2.05) is 32.0 Å². The van der Waals surface area contributed by atoms with Crippen molar-refractivity contribution in [2.24, 2.45) is 0 Å². The number of hydrogen-bond donors (Lipinski definition) is 1. The van der Waals surface area contributed by atoms with Gasteiger partial charge >= 0.3 is 0 Å². The van der Waals surface area contributed by atoms with Crippen LogP contribution >= 0.6 is 0 Å². The second-order valence-electron chi connectivity index (χ2n) is 4.52.